The van der Waals surface area contributed by atoms with E-state index >= 15 is 0 Å². The van der Waals surface area contributed by atoms with E-state index in [2.05, 4.69) is 73.7 Å². The van der Waals surface area contributed by atoms with E-state index < -0.39 is 0 Å². The molecule has 8 nitrogen and oxygen atoms in total. The number of hydrogen-bond donors (Lipinski definition) is 1. The highest BCUT2D eigenvalue weighted by molar-refractivity contribution is 5.84. The lowest BCUT2D eigenvalue weighted by Crippen LogP contribution is -2.46. The van der Waals surface area contributed by atoms with Gasteiger partial charge in [-0.15, -0.1) is 0 Å². The number of imidazole rings is 1. The van der Waals surface area contributed by atoms with Crippen molar-refractivity contribution >= 4 is 22.8 Å². The molecule has 0 atom stereocenters. The van der Waals surface area contributed by atoms with Crippen molar-refractivity contribution in [2.75, 3.05) is 36.8 Å². The van der Waals surface area contributed by atoms with Gasteiger partial charge in [-0.05, 0) is 66.6 Å². The first kappa shape index (κ1) is 29.0. The Labute approximate surface area is 258 Å². The van der Waals surface area contributed by atoms with E-state index in [-0.39, 0.29) is 0 Å². The molecule has 0 unspecified atom stereocenters. The molecule has 2 N–H and O–H groups in total. The van der Waals surface area contributed by atoms with Gasteiger partial charge in [-0.2, -0.15) is 0 Å². The summed E-state index contributed by atoms with van der Waals surface area (Å²) in [6.45, 7) is 11.0. The van der Waals surface area contributed by atoms with Crippen molar-refractivity contribution in [3.8, 4) is 28.3 Å². The molecular formula is C36H38N8. The first-order valence-electron chi connectivity index (χ1n) is 15.3. The lowest BCUT2D eigenvalue weighted by Gasteiger charge is -2.35. The summed E-state index contributed by atoms with van der Waals surface area (Å²) in [6.07, 6.45) is 3.59. The Morgan fingerprint density at radius 3 is 2.25 bits per heavy atom. The number of aromatic nitrogens is 5. The molecule has 0 radical (unpaired) electrons. The van der Waals surface area contributed by atoms with Crippen molar-refractivity contribution < 1.29 is 0 Å². The normalized spacial score (nSPS) is 13.5. The molecule has 0 saturated carbocycles. The topological polar surface area (TPSA) is 89.0 Å². The molecule has 1 fully saturated rings. The quantitative estimate of drug-likeness (QED) is 0.231. The molecule has 1 saturated heterocycles. The first-order chi connectivity index (χ1) is 21.6. The van der Waals surface area contributed by atoms with Crippen LogP contribution in [0.15, 0.2) is 103 Å². The lowest BCUT2D eigenvalue weighted by atomic mass is 10.1. The Bertz CT molecular complexity index is 1840. The molecule has 0 bridgehead atoms. The maximum Gasteiger partial charge on any atom is 0.165 e. The molecule has 7 rings (SSSR count). The molecule has 4 aromatic heterocycles. The van der Waals surface area contributed by atoms with Gasteiger partial charge in [0.05, 0.1) is 11.3 Å². The zero-order chi connectivity index (χ0) is 30.5. The van der Waals surface area contributed by atoms with E-state index in [1.807, 2.05) is 68.6 Å². The smallest absolute Gasteiger partial charge is 0.165 e. The van der Waals surface area contributed by atoms with Gasteiger partial charge in [-0.25, -0.2) is 19.9 Å². The number of pyridine rings is 3. The van der Waals surface area contributed by atoms with E-state index in [9.17, 15) is 0 Å². The fraction of sp³-hybridized carbons (Fsp3) is 0.222. The molecule has 8 heteroatoms. The van der Waals surface area contributed by atoms with Crippen molar-refractivity contribution in [3.63, 3.8) is 0 Å². The molecule has 0 amide bonds. The third kappa shape index (κ3) is 6.02. The highest BCUT2D eigenvalue weighted by atomic mass is 15.3. The molecule has 222 valence electrons. The fourth-order valence-corrected chi connectivity index (χ4v) is 5.60. The Kier molecular flexibility index (Phi) is 8.61. The summed E-state index contributed by atoms with van der Waals surface area (Å²) in [7, 11) is 0. The van der Waals surface area contributed by atoms with Gasteiger partial charge in [0.1, 0.15) is 17.2 Å². The number of aryl methyl sites for hydroxylation is 1. The summed E-state index contributed by atoms with van der Waals surface area (Å²) in [5, 5.41) is 0. The van der Waals surface area contributed by atoms with Crippen LogP contribution in [0.4, 0.5) is 11.6 Å². The molecule has 1 aliphatic heterocycles. The number of nitrogen functional groups attached to an aromatic ring is 1. The minimum absolute atomic E-state index is 0.439. The predicted molar refractivity (Wildman–Crippen MR) is 180 cm³/mol. The second-order valence-corrected chi connectivity index (χ2v) is 10.7. The Morgan fingerprint density at radius 1 is 0.750 bits per heavy atom. The highest BCUT2D eigenvalue weighted by Gasteiger charge is 2.20. The number of piperazine rings is 1. The lowest BCUT2D eigenvalue weighted by molar-refractivity contribution is 0.249. The third-order valence-electron chi connectivity index (χ3n) is 7.85. The van der Waals surface area contributed by atoms with E-state index in [0.717, 1.165) is 78.0 Å². The summed E-state index contributed by atoms with van der Waals surface area (Å²) in [4.78, 5) is 23.8. The Morgan fingerprint density at radius 2 is 1.52 bits per heavy atom. The molecule has 6 aromatic rings. The van der Waals surface area contributed by atoms with Crippen LogP contribution >= 0.6 is 0 Å². The molecule has 5 heterocycles. The zero-order valence-electron chi connectivity index (χ0n) is 25.6. The van der Waals surface area contributed by atoms with Crippen molar-refractivity contribution in [2.24, 2.45) is 0 Å². The second-order valence-electron chi connectivity index (χ2n) is 10.7. The number of fused-ring (bicyclic) bond motifs is 1. The summed E-state index contributed by atoms with van der Waals surface area (Å²) >= 11 is 0. The van der Waals surface area contributed by atoms with E-state index in [1.165, 1.54) is 11.1 Å². The largest absolute Gasteiger partial charge is 0.383 e. The Balaban J connectivity index is 0.00000168. The van der Waals surface area contributed by atoms with Gasteiger partial charge in [-0.3, -0.25) is 9.47 Å². The predicted octanol–water partition coefficient (Wildman–Crippen LogP) is 6.78. The van der Waals surface area contributed by atoms with Crippen LogP contribution in [0.25, 0.3) is 39.5 Å². The number of nitrogens with zero attached hydrogens (tertiary/aromatic N) is 7. The van der Waals surface area contributed by atoms with Crippen LogP contribution in [0, 0.1) is 6.92 Å². The fourth-order valence-electron chi connectivity index (χ4n) is 5.60. The van der Waals surface area contributed by atoms with Gasteiger partial charge in [0, 0.05) is 56.4 Å². The monoisotopic (exact) mass is 582 g/mol. The average Bonchev–Trinajstić information content (AvgIpc) is 3.45. The van der Waals surface area contributed by atoms with Crippen molar-refractivity contribution in [2.45, 2.75) is 27.3 Å². The van der Waals surface area contributed by atoms with Gasteiger partial charge in [0.15, 0.2) is 11.5 Å². The van der Waals surface area contributed by atoms with Gasteiger partial charge >= 0.3 is 0 Å². The summed E-state index contributed by atoms with van der Waals surface area (Å²) < 4.78 is 2.09. The minimum Gasteiger partial charge on any atom is -0.383 e. The summed E-state index contributed by atoms with van der Waals surface area (Å²) in [5.74, 6) is 2.23. The second kappa shape index (κ2) is 13.1. The summed E-state index contributed by atoms with van der Waals surface area (Å²) in [5.41, 5.74) is 14.1. The van der Waals surface area contributed by atoms with Crippen molar-refractivity contribution in [3.05, 3.63) is 115 Å². The number of nitrogens with two attached hydrogens (primary N) is 1. The van der Waals surface area contributed by atoms with Gasteiger partial charge < -0.3 is 10.6 Å². The highest BCUT2D eigenvalue weighted by Crippen LogP contribution is 2.32. The molecule has 0 spiro atoms. The Hall–Kier alpha value is -5.08. The van der Waals surface area contributed by atoms with Gasteiger partial charge in [0.2, 0.25) is 0 Å². The molecule has 44 heavy (non-hydrogen) atoms. The standard InChI is InChI=1S/C34H32N8.C2H6/c1-24-15-17-36-31(22-24)41-20-18-40(19-21-41)23-25-9-11-27(12-10-25)42-33(28-8-5-16-37-32(28)35)39-30-14-13-29(38-34(30)42)26-6-3-2-4-7-26;1-2/h2-17,22H,18-21,23H2,1H3,(H2,35,37);1-2H3. The van der Waals surface area contributed by atoms with Gasteiger partial charge in [-0.1, -0.05) is 56.3 Å². The molecule has 0 aliphatic carbocycles. The average molecular weight is 583 g/mol. The van der Waals surface area contributed by atoms with Crippen LogP contribution in [-0.2, 0) is 6.54 Å². The van der Waals surface area contributed by atoms with Crippen LogP contribution in [0.5, 0.6) is 0 Å². The summed E-state index contributed by atoms with van der Waals surface area (Å²) in [6, 6.07) is 31.0. The SMILES string of the molecule is CC.Cc1ccnc(N2CCN(Cc3ccc(-n4c(-c5cccnc5N)nc5ccc(-c6ccccc6)nc54)cc3)CC2)c1. The van der Waals surface area contributed by atoms with E-state index in [0.29, 0.717) is 5.82 Å². The van der Waals surface area contributed by atoms with E-state index in [1.54, 1.807) is 6.20 Å². The van der Waals surface area contributed by atoms with Gasteiger partial charge in [0.25, 0.3) is 0 Å². The minimum atomic E-state index is 0.439. The number of benzene rings is 2. The molecular weight excluding hydrogens is 544 g/mol. The van der Waals surface area contributed by atoms with Crippen LogP contribution in [0.3, 0.4) is 0 Å². The number of hydrogen-bond acceptors (Lipinski definition) is 7. The zero-order valence-corrected chi connectivity index (χ0v) is 25.6. The number of rotatable bonds is 6. The van der Waals surface area contributed by atoms with Crippen LogP contribution in [0.2, 0.25) is 0 Å². The van der Waals surface area contributed by atoms with Crippen molar-refractivity contribution in [1.29, 1.82) is 0 Å². The molecule has 1 aliphatic rings. The number of anilines is 2. The van der Waals surface area contributed by atoms with Crippen LogP contribution < -0.4 is 10.6 Å². The molecule has 2 aromatic carbocycles. The maximum absolute atomic E-state index is 6.33. The van der Waals surface area contributed by atoms with Crippen LogP contribution in [-0.4, -0.2) is 55.6 Å². The van der Waals surface area contributed by atoms with Crippen molar-refractivity contribution in [1.82, 2.24) is 29.4 Å². The first-order valence-corrected chi connectivity index (χ1v) is 15.3. The van der Waals surface area contributed by atoms with Crippen LogP contribution in [0.1, 0.15) is 25.0 Å². The van der Waals surface area contributed by atoms with E-state index in [4.69, 9.17) is 15.7 Å². The maximum atomic E-state index is 6.33. The third-order valence-corrected chi connectivity index (χ3v) is 7.85.